The number of para-hydroxylation sites is 2. The van der Waals surface area contributed by atoms with Gasteiger partial charge in [-0.2, -0.15) is 0 Å². The van der Waals surface area contributed by atoms with Gasteiger partial charge in [0.05, 0.1) is 27.8 Å². The number of nitro groups is 1. The summed E-state index contributed by atoms with van der Waals surface area (Å²) < 4.78 is 6.55. The summed E-state index contributed by atoms with van der Waals surface area (Å²) in [6.07, 6.45) is 0.242. The second-order valence-electron chi connectivity index (χ2n) is 5.96. The molecule has 0 aliphatic heterocycles. The van der Waals surface area contributed by atoms with Crippen molar-refractivity contribution >= 4 is 22.6 Å². The summed E-state index contributed by atoms with van der Waals surface area (Å²) in [5.41, 5.74) is 0.628. The number of aryl methyl sites for hydroxylation is 1. The van der Waals surface area contributed by atoms with Crippen LogP contribution in [-0.4, -0.2) is 20.4 Å². The molecule has 0 saturated heterocycles. The molecule has 0 aliphatic carbocycles. The summed E-state index contributed by atoms with van der Waals surface area (Å²) in [7, 11) is 1.61. The van der Waals surface area contributed by atoms with Gasteiger partial charge in [0.25, 0.3) is 11.2 Å². The maximum Gasteiger partial charge on any atom is 0.306 e. The molecule has 1 aromatic heterocycles. The van der Waals surface area contributed by atoms with E-state index in [2.05, 4.69) is 4.98 Å². The van der Waals surface area contributed by atoms with Crippen LogP contribution < -0.4 is 5.56 Å². The zero-order chi connectivity index (χ0) is 19.4. The first-order valence-corrected chi connectivity index (χ1v) is 8.30. The van der Waals surface area contributed by atoms with Gasteiger partial charge >= 0.3 is 5.97 Å². The number of ether oxygens (including phenoxy) is 1. The van der Waals surface area contributed by atoms with Crippen LogP contribution >= 0.6 is 0 Å². The first-order chi connectivity index (χ1) is 13.0. The molecule has 0 unspecified atom stereocenters. The van der Waals surface area contributed by atoms with Crippen molar-refractivity contribution < 1.29 is 14.5 Å². The number of aromatic nitrogens is 2. The van der Waals surface area contributed by atoms with E-state index in [1.807, 2.05) is 0 Å². The summed E-state index contributed by atoms with van der Waals surface area (Å²) in [6.45, 7) is -0.180. The molecule has 8 heteroatoms. The monoisotopic (exact) mass is 367 g/mol. The van der Waals surface area contributed by atoms with E-state index in [9.17, 15) is 19.7 Å². The second kappa shape index (κ2) is 7.77. The Kier molecular flexibility index (Phi) is 5.25. The number of nitrogens with zero attached hydrogens (tertiary/aromatic N) is 3. The molecule has 0 spiro atoms. The third kappa shape index (κ3) is 4.00. The van der Waals surface area contributed by atoms with Crippen LogP contribution in [-0.2, 0) is 29.6 Å². The SMILES string of the molecule is Cn1c(CCC(=O)OCc2ccccc2[N+](=O)[O-])nc2ccccc2c1=O. The highest BCUT2D eigenvalue weighted by Crippen LogP contribution is 2.18. The fourth-order valence-corrected chi connectivity index (χ4v) is 2.74. The lowest BCUT2D eigenvalue weighted by Gasteiger charge is -2.09. The Balaban J connectivity index is 1.67. The van der Waals surface area contributed by atoms with Gasteiger partial charge in [-0.3, -0.25) is 24.3 Å². The quantitative estimate of drug-likeness (QED) is 0.377. The largest absolute Gasteiger partial charge is 0.461 e. The van der Waals surface area contributed by atoms with Crippen molar-refractivity contribution in [2.24, 2.45) is 7.05 Å². The smallest absolute Gasteiger partial charge is 0.306 e. The lowest BCUT2D eigenvalue weighted by molar-refractivity contribution is -0.385. The van der Waals surface area contributed by atoms with Gasteiger partial charge in [-0.25, -0.2) is 4.98 Å². The number of carbonyl (C=O) groups excluding carboxylic acids is 1. The fourth-order valence-electron chi connectivity index (χ4n) is 2.74. The molecule has 8 nitrogen and oxygen atoms in total. The van der Waals surface area contributed by atoms with E-state index in [0.29, 0.717) is 22.3 Å². The Morgan fingerprint density at radius 2 is 1.89 bits per heavy atom. The molecule has 0 amide bonds. The van der Waals surface area contributed by atoms with E-state index in [-0.39, 0.29) is 30.7 Å². The Hall–Kier alpha value is -3.55. The molecular formula is C19H17N3O5. The molecule has 0 radical (unpaired) electrons. The molecular weight excluding hydrogens is 350 g/mol. The normalized spacial score (nSPS) is 10.7. The van der Waals surface area contributed by atoms with Gasteiger partial charge in [0.2, 0.25) is 0 Å². The lowest BCUT2D eigenvalue weighted by Crippen LogP contribution is -2.23. The van der Waals surface area contributed by atoms with Crippen molar-refractivity contribution in [3.63, 3.8) is 0 Å². The van der Waals surface area contributed by atoms with Crippen LogP contribution in [0.25, 0.3) is 10.9 Å². The van der Waals surface area contributed by atoms with Gasteiger partial charge in [-0.1, -0.05) is 24.3 Å². The van der Waals surface area contributed by atoms with Gasteiger partial charge in [0.15, 0.2) is 0 Å². The highest BCUT2D eigenvalue weighted by molar-refractivity contribution is 5.77. The summed E-state index contributed by atoms with van der Waals surface area (Å²) in [4.78, 5) is 39.3. The first-order valence-electron chi connectivity index (χ1n) is 8.30. The van der Waals surface area contributed by atoms with Gasteiger partial charge in [0, 0.05) is 19.5 Å². The molecule has 138 valence electrons. The fraction of sp³-hybridized carbons (Fsp3) is 0.211. The molecule has 0 atom stereocenters. The van der Waals surface area contributed by atoms with Crippen molar-refractivity contribution in [2.45, 2.75) is 19.4 Å². The van der Waals surface area contributed by atoms with Gasteiger partial charge in [0.1, 0.15) is 12.4 Å². The summed E-state index contributed by atoms with van der Waals surface area (Å²) in [6, 6.07) is 13.1. The van der Waals surface area contributed by atoms with E-state index in [4.69, 9.17) is 4.74 Å². The summed E-state index contributed by atoms with van der Waals surface area (Å²) in [5.74, 6) is -0.0445. The highest BCUT2D eigenvalue weighted by Gasteiger charge is 2.15. The first kappa shape index (κ1) is 18.2. The van der Waals surface area contributed by atoms with Crippen molar-refractivity contribution in [3.8, 4) is 0 Å². The molecule has 27 heavy (non-hydrogen) atoms. The van der Waals surface area contributed by atoms with Crippen molar-refractivity contribution in [1.29, 1.82) is 0 Å². The van der Waals surface area contributed by atoms with Crippen molar-refractivity contribution in [3.05, 3.63) is 80.4 Å². The molecule has 2 aromatic carbocycles. The molecule has 0 fully saturated rings. The number of benzene rings is 2. The molecule has 0 saturated carbocycles. The molecule has 0 bridgehead atoms. The third-order valence-corrected chi connectivity index (χ3v) is 4.21. The Morgan fingerprint density at radius 1 is 1.19 bits per heavy atom. The number of fused-ring (bicyclic) bond motifs is 1. The Labute approximate surface area is 154 Å². The number of hydrogen-bond donors (Lipinski definition) is 0. The molecule has 1 heterocycles. The van der Waals surface area contributed by atoms with Gasteiger partial charge in [-0.05, 0) is 18.2 Å². The molecule has 3 aromatic rings. The van der Waals surface area contributed by atoms with Crippen LogP contribution in [0.3, 0.4) is 0 Å². The minimum atomic E-state index is -0.518. The predicted molar refractivity (Wildman–Crippen MR) is 98.2 cm³/mol. The van der Waals surface area contributed by atoms with E-state index in [0.717, 1.165) is 0 Å². The minimum Gasteiger partial charge on any atom is -0.461 e. The number of carbonyl (C=O) groups is 1. The van der Waals surface area contributed by atoms with Crippen molar-refractivity contribution in [1.82, 2.24) is 9.55 Å². The van der Waals surface area contributed by atoms with Crippen LogP contribution in [0.2, 0.25) is 0 Å². The summed E-state index contributed by atoms with van der Waals surface area (Å²) in [5, 5.41) is 11.5. The van der Waals surface area contributed by atoms with E-state index in [1.165, 1.54) is 10.6 Å². The molecule has 0 N–H and O–H groups in total. The summed E-state index contributed by atoms with van der Waals surface area (Å²) >= 11 is 0. The van der Waals surface area contributed by atoms with E-state index < -0.39 is 10.9 Å². The number of rotatable bonds is 6. The van der Waals surface area contributed by atoms with Crippen LogP contribution in [0.4, 0.5) is 5.69 Å². The Morgan fingerprint density at radius 3 is 2.67 bits per heavy atom. The number of hydrogen-bond acceptors (Lipinski definition) is 6. The molecule has 3 rings (SSSR count). The average Bonchev–Trinajstić information content (AvgIpc) is 2.68. The van der Waals surface area contributed by atoms with Gasteiger partial charge in [-0.15, -0.1) is 0 Å². The van der Waals surface area contributed by atoms with Crippen LogP contribution in [0.5, 0.6) is 0 Å². The minimum absolute atomic E-state index is 0.0131. The van der Waals surface area contributed by atoms with Crippen LogP contribution in [0.15, 0.2) is 53.3 Å². The lowest BCUT2D eigenvalue weighted by atomic mass is 10.2. The Bertz CT molecular complexity index is 1070. The second-order valence-corrected chi connectivity index (χ2v) is 5.96. The van der Waals surface area contributed by atoms with Crippen LogP contribution in [0, 0.1) is 10.1 Å². The van der Waals surface area contributed by atoms with Crippen molar-refractivity contribution in [2.75, 3.05) is 0 Å². The van der Waals surface area contributed by atoms with Gasteiger partial charge < -0.3 is 4.74 Å². The number of nitro benzene ring substituents is 1. The zero-order valence-electron chi connectivity index (χ0n) is 14.6. The van der Waals surface area contributed by atoms with Crippen LogP contribution in [0.1, 0.15) is 17.8 Å². The third-order valence-electron chi connectivity index (χ3n) is 4.21. The average molecular weight is 367 g/mol. The van der Waals surface area contributed by atoms with E-state index in [1.54, 1.807) is 49.5 Å². The standard InChI is InChI=1S/C19H17N3O5/c1-21-17(20-15-8-4-3-7-14(15)19(21)24)10-11-18(23)27-12-13-6-2-5-9-16(13)22(25)26/h2-9H,10-12H2,1H3. The number of esters is 1. The zero-order valence-corrected chi connectivity index (χ0v) is 14.6. The maximum atomic E-state index is 12.3. The topological polar surface area (TPSA) is 104 Å². The highest BCUT2D eigenvalue weighted by atomic mass is 16.6. The maximum absolute atomic E-state index is 12.3. The predicted octanol–water partition coefficient (Wildman–Crippen LogP) is 2.52. The molecule has 0 aliphatic rings. The van der Waals surface area contributed by atoms with E-state index >= 15 is 0 Å².